The lowest BCUT2D eigenvalue weighted by Gasteiger charge is -2.10. The summed E-state index contributed by atoms with van der Waals surface area (Å²) in [6, 6.07) is 10.3. The minimum atomic E-state index is -0.0119. The van der Waals surface area contributed by atoms with Gasteiger partial charge >= 0.3 is 0 Å². The highest BCUT2D eigenvalue weighted by Gasteiger charge is 2.18. The molecule has 2 aromatic heterocycles. The van der Waals surface area contributed by atoms with Crippen molar-refractivity contribution in [1.82, 2.24) is 18.6 Å². The molecule has 5 nitrogen and oxygen atoms in total. The van der Waals surface area contributed by atoms with Gasteiger partial charge in [-0.15, -0.1) is 0 Å². The highest BCUT2D eigenvalue weighted by Crippen LogP contribution is 2.29. The summed E-state index contributed by atoms with van der Waals surface area (Å²) in [5, 5.41) is 1.11. The Morgan fingerprint density at radius 2 is 1.96 bits per heavy atom. The van der Waals surface area contributed by atoms with Crippen LogP contribution in [0.15, 0.2) is 48.9 Å². The largest absolute Gasteiger partial charge is 0.287 e. The smallest absolute Gasteiger partial charge is 0.233 e. The second-order valence-corrected chi connectivity index (χ2v) is 8.07. The molecule has 0 fully saturated rings. The van der Waals surface area contributed by atoms with Crippen LogP contribution in [0.2, 0.25) is 0 Å². The van der Waals surface area contributed by atoms with Gasteiger partial charge in [-0.25, -0.2) is 9.03 Å². The third kappa shape index (κ3) is 4.40. The van der Waals surface area contributed by atoms with E-state index in [1.54, 1.807) is 24.5 Å². The van der Waals surface area contributed by atoms with E-state index in [-0.39, 0.29) is 11.8 Å². The molecule has 0 aliphatic carbocycles. The zero-order chi connectivity index (χ0) is 19.4. The van der Waals surface area contributed by atoms with Gasteiger partial charge in [-0.05, 0) is 55.4 Å². The molecule has 1 aromatic carbocycles. The molecule has 0 amide bonds. The van der Waals surface area contributed by atoms with E-state index in [1.807, 2.05) is 55.1 Å². The average molecular weight is 383 g/mol. The van der Waals surface area contributed by atoms with Crippen molar-refractivity contribution in [3.05, 3.63) is 54.5 Å². The van der Waals surface area contributed by atoms with Crippen molar-refractivity contribution in [2.75, 3.05) is 14.1 Å². The zero-order valence-corrected chi connectivity index (χ0v) is 17.1. The topological polar surface area (TPSA) is 50.2 Å². The highest BCUT2D eigenvalue weighted by molar-refractivity contribution is 7.95. The third-order valence-corrected chi connectivity index (χ3v) is 5.32. The van der Waals surface area contributed by atoms with Gasteiger partial charge < -0.3 is 0 Å². The summed E-state index contributed by atoms with van der Waals surface area (Å²) < 4.78 is 7.17. The van der Waals surface area contributed by atoms with Gasteiger partial charge in [0.05, 0.1) is 5.52 Å². The van der Waals surface area contributed by atoms with E-state index in [0.29, 0.717) is 6.54 Å². The van der Waals surface area contributed by atoms with E-state index in [0.717, 1.165) is 34.0 Å². The molecule has 0 saturated heterocycles. The normalized spacial score (nSPS) is 12.6. The Morgan fingerprint density at radius 1 is 1.22 bits per heavy atom. The lowest BCUT2D eigenvalue weighted by molar-refractivity contribution is 0.0847. The Kier molecular flexibility index (Phi) is 6.31. The number of hydrogen-bond donors (Lipinski definition) is 1. The number of aromatic nitrogens is 2. The minimum absolute atomic E-state index is 0.0119. The SMILES string of the molecule is CCC(C)C(=O)n1cc(CNSN(C)C)c2ccc(-c3ccncc3)cc21. The average Bonchev–Trinajstić information content (AvgIpc) is 3.05. The van der Waals surface area contributed by atoms with E-state index in [1.165, 1.54) is 0 Å². The van der Waals surface area contributed by atoms with Crippen LogP contribution in [0.1, 0.15) is 30.6 Å². The molecular weight excluding hydrogens is 356 g/mol. The molecule has 6 heteroatoms. The number of benzene rings is 1. The van der Waals surface area contributed by atoms with Gasteiger partial charge in [-0.1, -0.05) is 26.0 Å². The number of carbonyl (C=O) groups is 1. The summed E-state index contributed by atoms with van der Waals surface area (Å²) in [5.41, 5.74) is 4.26. The van der Waals surface area contributed by atoms with Crippen molar-refractivity contribution < 1.29 is 4.79 Å². The van der Waals surface area contributed by atoms with E-state index in [4.69, 9.17) is 0 Å². The number of fused-ring (bicyclic) bond motifs is 1. The lowest BCUT2D eigenvalue weighted by atomic mass is 10.0. The van der Waals surface area contributed by atoms with E-state index in [9.17, 15) is 4.79 Å². The van der Waals surface area contributed by atoms with Crippen LogP contribution in [-0.4, -0.2) is 33.9 Å². The molecule has 1 atom stereocenters. The maximum atomic E-state index is 13.0. The summed E-state index contributed by atoms with van der Waals surface area (Å²) in [4.78, 5) is 17.0. The molecule has 3 rings (SSSR count). The lowest BCUT2D eigenvalue weighted by Crippen LogP contribution is -2.18. The Morgan fingerprint density at radius 3 is 2.63 bits per heavy atom. The van der Waals surface area contributed by atoms with Crippen LogP contribution in [0.3, 0.4) is 0 Å². The van der Waals surface area contributed by atoms with Gasteiger partial charge in [-0.2, -0.15) is 0 Å². The maximum absolute atomic E-state index is 13.0. The molecule has 0 aliphatic rings. The first-order valence-corrected chi connectivity index (χ1v) is 9.94. The monoisotopic (exact) mass is 382 g/mol. The molecular formula is C21H26N4OS. The first-order valence-electron chi connectivity index (χ1n) is 9.17. The van der Waals surface area contributed by atoms with Crippen LogP contribution in [0.25, 0.3) is 22.0 Å². The Hall–Kier alpha value is -2.15. The maximum Gasteiger partial charge on any atom is 0.233 e. The second kappa shape index (κ2) is 8.69. The van der Waals surface area contributed by atoms with E-state index in [2.05, 4.69) is 27.9 Å². The predicted molar refractivity (Wildman–Crippen MR) is 113 cm³/mol. The van der Waals surface area contributed by atoms with Crippen LogP contribution >= 0.6 is 12.1 Å². The number of hydrogen-bond acceptors (Lipinski definition) is 5. The number of rotatable bonds is 7. The van der Waals surface area contributed by atoms with Crippen LogP contribution in [0.4, 0.5) is 0 Å². The third-order valence-electron chi connectivity index (χ3n) is 4.68. The molecule has 1 N–H and O–H groups in total. The molecule has 0 aliphatic heterocycles. The van der Waals surface area contributed by atoms with Crippen molar-refractivity contribution in [3.63, 3.8) is 0 Å². The van der Waals surface area contributed by atoms with Gasteiger partial charge in [0.25, 0.3) is 0 Å². The van der Waals surface area contributed by atoms with Gasteiger partial charge in [0.1, 0.15) is 0 Å². The van der Waals surface area contributed by atoms with Gasteiger partial charge in [0.15, 0.2) is 0 Å². The molecule has 0 saturated carbocycles. The second-order valence-electron chi connectivity index (χ2n) is 6.86. The fraction of sp³-hybridized carbons (Fsp3) is 0.333. The fourth-order valence-electron chi connectivity index (χ4n) is 3.00. The zero-order valence-electron chi connectivity index (χ0n) is 16.3. The summed E-state index contributed by atoms with van der Waals surface area (Å²) in [6.07, 6.45) is 6.39. The first-order chi connectivity index (χ1) is 13.0. The Bertz CT molecular complexity index is 921. The van der Waals surface area contributed by atoms with Crippen molar-refractivity contribution in [3.8, 4) is 11.1 Å². The molecule has 0 bridgehead atoms. The number of carbonyl (C=O) groups excluding carboxylic acids is 1. The van der Waals surface area contributed by atoms with Crippen LogP contribution in [-0.2, 0) is 6.54 Å². The summed E-state index contributed by atoms with van der Waals surface area (Å²) >= 11 is 1.55. The number of nitrogens with zero attached hydrogens (tertiary/aromatic N) is 3. The molecule has 1 unspecified atom stereocenters. The fourth-order valence-corrected chi connectivity index (χ4v) is 3.47. The first kappa shape index (κ1) is 19.6. The van der Waals surface area contributed by atoms with Gasteiger partial charge in [0.2, 0.25) is 5.91 Å². The van der Waals surface area contributed by atoms with Gasteiger partial charge in [-0.3, -0.25) is 14.3 Å². The van der Waals surface area contributed by atoms with Gasteiger partial charge in [0, 0.05) is 48.6 Å². The number of pyridine rings is 1. The van der Waals surface area contributed by atoms with E-state index >= 15 is 0 Å². The predicted octanol–water partition coefficient (Wildman–Crippen LogP) is 4.60. The summed E-state index contributed by atoms with van der Waals surface area (Å²) in [5.74, 6) is 0.128. The van der Waals surface area contributed by atoms with Crippen molar-refractivity contribution in [1.29, 1.82) is 0 Å². The van der Waals surface area contributed by atoms with E-state index < -0.39 is 0 Å². The Balaban J connectivity index is 2.05. The van der Waals surface area contributed by atoms with Crippen LogP contribution in [0, 0.1) is 5.92 Å². The quantitative estimate of drug-likeness (QED) is 0.605. The molecule has 0 spiro atoms. The Labute approximate surface area is 165 Å². The van der Waals surface area contributed by atoms with Crippen LogP contribution < -0.4 is 4.72 Å². The van der Waals surface area contributed by atoms with Crippen molar-refractivity contribution in [2.45, 2.75) is 26.8 Å². The highest BCUT2D eigenvalue weighted by atomic mass is 32.2. The molecule has 3 aromatic rings. The van der Waals surface area contributed by atoms with Crippen molar-refractivity contribution in [2.24, 2.45) is 5.92 Å². The molecule has 2 heterocycles. The summed E-state index contributed by atoms with van der Waals surface area (Å²) in [6.45, 7) is 4.72. The van der Waals surface area contributed by atoms with Crippen LogP contribution in [0.5, 0.6) is 0 Å². The summed E-state index contributed by atoms with van der Waals surface area (Å²) in [7, 11) is 3.99. The molecule has 27 heavy (non-hydrogen) atoms. The number of nitrogens with one attached hydrogen (secondary N) is 1. The standard InChI is InChI=1S/C21H26N4OS/c1-5-15(2)21(26)25-14-18(13-23-27-24(3)4)19-7-6-17(12-20(19)25)16-8-10-22-11-9-16/h6-12,14-15,23H,5,13H2,1-4H3. The van der Waals surface area contributed by atoms with Crippen molar-refractivity contribution >= 4 is 28.9 Å². The minimum Gasteiger partial charge on any atom is -0.287 e. The molecule has 0 radical (unpaired) electrons. The molecule has 142 valence electrons.